The molecule has 0 bridgehead atoms. The number of hydrogen-bond acceptors (Lipinski definition) is 3. The molecule has 3 N–H and O–H groups in total. The number of rotatable bonds is 7. The quantitative estimate of drug-likeness (QED) is 0.600. The average molecular weight is 350 g/mol. The van der Waals surface area contributed by atoms with Gasteiger partial charge in [-0.2, -0.15) is 0 Å². The van der Waals surface area contributed by atoms with E-state index >= 15 is 0 Å². The maximum Gasteiger partial charge on any atom is 0.315 e. The highest BCUT2D eigenvalue weighted by Crippen LogP contribution is 2.17. The summed E-state index contributed by atoms with van der Waals surface area (Å²) in [6.45, 7) is 0.402. The van der Waals surface area contributed by atoms with Crippen molar-refractivity contribution in [3.63, 3.8) is 0 Å². The van der Waals surface area contributed by atoms with Crippen LogP contribution in [0.15, 0.2) is 60.8 Å². The summed E-state index contributed by atoms with van der Waals surface area (Å²) in [5.74, 6) is -1.30. The Morgan fingerprint density at radius 2 is 1.77 bits per heavy atom. The Hall–Kier alpha value is -3.28. The summed E-state index contributed by atoms with van der Waals surface area (Å²) in [6, 6.07) is 15.5. The molecule has 0 saturated heterocycles. The number of carboxylic acids is 1. The van der Waals surface area contributed by atoms with Gasteiger partial charge in [0.25, 0.3) is 0 Å². The van der Waals surface area contributed by atoms with Gasteiger partial charge in [0.2, 0.25) is 0 Å². The van der Waals surface area contributed by atoms with Crippen LogP contribution in [0.4, 0.5) is 4.79 Å². The number of aliphatic carboxylic acids is 1. The molecular weight excluding hydrogens is 330 g/mol. The number of aromatic amines is 1. The third-order valence-electron chi connectivity index (χ3n) is 4.23. The highest BCUT2D eigenvalue weighted by atomic mass is 16.4. The van der Waals surface area contributed by atoms with Gasteiger partial charge >= 0.3 is 6.03 Å². The van der Waals surface area contributed by atoms with Crippen LogP contribution in [0.2, 0.25) is 0 Å². The maximum atomic E-state index is 12.0. The first-order chi connectivity index (χ1) is 12.6. The Balaban J connectivity index is 1.51. The van der Waals surface area contributed by atoms with Crippen LogP contribution < -0.4 is 15.7 Å². The molecule has 0 spiro atoms. The highest BCUT2D eigenvalue weighted by molar-refractivity contribution is 5.83. The number of hydrogen-bond donors (Lipinski definition) is 3. The summed E-state index contributed by atoms with van der Waals surface area (Å²) in [5.41, 5.74) is 2.97. The van der Waals surface area contributed by atoms with E-state index in [1.165, 1.54) is 0 Å². The van der Waals surface area contributed by atoms with Gasteiger partial charge in [-0.1, -0.05) is 48.5 Å². The van der Waals surface area contributed by atoms with Gasteiger partial charge in [0.05, 0.1) is 12.0 Å². The molecule has 1 atom stereocenters. The monoisotopic (exact) mass is 350 g/mol. The largest absolute Gasteiger partial charge is 0.548 e. The minimum atomic E-state index is -1.30. The number of nitrogens with one attached hydrogen (secondary N) is 3. The van der Waals surface area contributed by atoms with Crippen LogP contribution in [0.3, 0.4) is 0 Å². The smallest absolute Gasteiger partial charge is 0.315 e. The van der Waals surface area contributed by atoms with E-state index in [2.05, 4.69) is 15.6 Å². The molecule has 2 aromatic carbocycles. The van der Waals surface area contributed by atoms with Crippen molar-refractivity contribution in [3.8, 4) is 0 Å². The second kappa shape index (κ2) is 8.20. The summed E-state index contributed by atoms with van der Waals surface area (Å²) in [5, 5.41) is 17.6. The summed E-state index contributed by atoms with van der Waals surface area (Å²) >= 11 is 0. The minimum absolute atomic E-state index is 0.180. The van der Waals surface area contributed by atoms with Crippen LogP contribution in [-0.4, -0.2) is 29.6 Å². The van der Waals surface area contributed by atoms with E-state index in [0.29, 0.717) is 13.0 Å². The Morgan fingerprint density at radius 3 is 2.54 bits per heavy atom. The summed E-state index contributed by atoms with van der Waals surface area (Å²) in [7, 11) is 0. The topological polar surface area (TPSA) is 97.1 Å². The number of urea groups is 1. The molecule has 6 nitrogen and oxygen atoms in total. The number of para-hydroxylation sites is 1. The van der Waals surface area contributed by atoms with Crippen molar-refractivity contribution < 1.29 is 14.7 Å². The number of amides is 2. The number of benzene rings is 2. The van der Waals surface area contributed by atoms with Gasteiger partial charge in [-0.15, -0.1) is 0 Å². The van der Waals surface area contributed by atoms with Crippen molar-refractivity contribution in [2.75, 3.05) is 6.54 Å². The zero-order valence-corrected chi connectivity index (χ0v) is 14.2. The molecule has 1 aromatic heterocycles. The second-order valence-electron chi connectivity index (χ2n) is 6.07. The molecule has 3 aromatic rings. The Kier molecular flexibility index (Phi) is 5.53. The first-order valence-electron chi connectivity index (χ1n) is 8.47. The van der Waals surface area contributed by atoms with Gasteiger partial charge in [-0.05, 0) is 30.0 Å². The zero-order chi connectivity index (χ0) is 18.4. The van der Waals surface area contributed by atoms with Crippen molar-refractivity contribution in [2.45, 2.75) is 18.9 Å². The lowest BCUT2D eigenvalue weighted by Gasteiger charge is -2.20. The number of H-pyrrole nitrogens is 1. The van der Waals surface area contributed by atoms with Crippen LogP contribution in [0.1, 0.15) is 11.1 Å². The lowest BCUT2D eigenvalue weighted by atomic mass is 10.1. The van der Waals surface area contributed by atoms with Crippen LogP contribution >= 0.6 is 0 Å². The molecule has 0 aliphatic carbocycles. The third-order valence-corrected chi connectivity index (χ3v) is 4.23. The fourth-order valence-corrected chi connectivity index (χ4v) is 2.90. The molecule has 0 fully saturated rings. The molecule has 0 aliphatic rings. The van der Waals surface area contributed by atoms with Crippen molar-refractivity contribution in [2.24, 2.45) is 0 Å². The van der Waals surface area contributed by atoms with E-state index in [0.717, 1.165) is 22.0 Å². The molecule has 1 heterocycles. The first-order valence-corrected chi connectivity index (χ1v) is 8.47. The molecule has 6 heteroatoms. The van der Waals surface area contributed by atoms with E-state index in [-0.39, 0.29) is 6.42 Å². The first kappa shape index (κ1) is 17.5. The predicted octanol–water partition coefficient (Wildman–Crippen LogP) is 1.37. The number of carboxylic acid groups (broad SMARTS) is 1. The number of aromatic nitrogens is 1. The molecule has 134 valence electrons. The van der Waals surface area contributed by atoms with Crippen molar-refractivity contribution in [1.29, 1.82) is 0 Å². The SMILES string of the molecule is O=C(NCCc1c[nH]c2ccccc12)N[C@@H](Cc1ccccc1)C(=O)[O-]. The number of fused-ring (bicyclic) bond motifs is 1. The molecule has 0 saturated carbocycles. The van der Waals surface area contributed by atoms with Crippen LogP contribution in [-0.2, 0) is 17.6 Å². The Labute approximate surface area is 151 Å². The van der Waals surface area contributed by atoms with Crippen molar-refractivity contribution in [3.05, 3.63) is 71.9 Å². The summed E-state index contributed by atoms with van der Waals surface area (Å²) in [4.78, 5) is 26.5. The van der Waals surface area contributed by atoms with E-state index in [1.54, 1.807) is 0 Å². The normalized spacial score (nSPS) is 11.8. The number of carbonyl (C=O) groups is 2. The van der Waals surface area contributed by atoms with Crippen LogP contribution in [0.25, 0.3) is 10.9 Å². The van der Waals surface area contributed by atoms with Gasteiger partial charge in [0, 0.05) is 23.6 Å². The van der Waals surface area contributed by atoms with Crippen LogP contribution in [0.5, 0.6) is 0 Å². The second-order valence-corrected chi connectivity index (χ2v) is 6.07. The molecule has 0 unspecified atom stereocenters. The molecule has 26 heavy (non-hydrogen) atoms. The van der Waals surface area contributed by atoms with E-state index < -0.39 is 18.0 Å². The standard InChI is InChI=1S/C20H21N3O3/c24-19(25)18(12-14-6-2-1-3-7-14)23-20(26)21-11-10-15-13-22-17-9-5-4-8-16(15)17/h1-9,13,18,22H,10-12H2,(H,24,25)(H2,21,23,26)/p-1/t18-/m0/s1. The van der Waals surface area contributed by atoms with Gasteiger partial charge in [-0.3, -0.25) is 0 Å². The fraction of sp³-hybridized carbons (Fsp3) is 0.200. The molecular formula is C20H20N3O3-. The molecule has 2 amide bonds. The highest BCUT2D eigenvalue weighted by Gasteiger charge is 2.14. The third kappa shape index (κ3) is 4.42. The van der Waals surface area contributed by atoms with E-state index in [9.17, 15) is 14.7 Å². The van der Waals surface area contributed by atoms with E-state index in [1.807, 2.05) is 60.8 Å². The van der Waals surface area contributed by atoms with Crippen LogP contribution in [0, 0.1) is 0 Å². The predicted molar refractivity (Wildman–Crippen MR) is 97.5 cm³/mol. The lowest BCUT2D eigenvalue weighted by molar-refractivity contribution is -0.308. The zero-order valence-electron chi connectivity index (χ0n) is 14.2. The summed E-state index contributed by atoms with van der Waals surface area (Å²) in [6.07, 6.45) is 2.74. The number of carbonyl (C=O) groups excluding carboxylic acids is 2. The van der Waals surface area contributed by atoms with Crippen molar-refractivity contribution in [1.82, 2.24) is 15.6 Å². The average Bonchev–Trinajstić information content (AvgIpc) is 3.05. The minimum Gasteiger partial charge on any atom is -0.548 e. The Bertz CT molecular complexity index is 889. The van der Waals surface area contributed by atoms with Crippen molar-refractivity contribution >= 4 is 22.9 Å². The van der Waals surface area contributed by atoms with Gasteiger partial charge in [0.1, 0.15) is 0 Å². The molecule has 3 rings (SSSR count). The van der Waals surface area contributed by atoms with Gasteiger partial charge in [0.15, 0.2) is 0 Å². The fourth-order valence-electron chi connectivity index (χ4n) is 2.90. The van der Waals surface area contributed by atoms with Gasteiger partial charge in [-0.25, -0.2) is 4.79 Å². The van der Waals surface area contributed by atoms with Gasteiger partial charge < -0.3 is 25.5 Å². The Morgan fingerprint density at radius 1 is 1.04 bits per heavy atom. The molecule has 0 aliphatic heterocycles. The van der Waals surface area contributed by atoms with E-state index in [4.69, 9.17) is 0 Å². The lowest BCUT2D eigenvalue weighted by Crippen LogP contribution is -2.52. The summed E-state index contributed by atoms with van der Waals surface area (Å²) < 4.78 is 0. The maximum absolute atomic E-state index is 12.0. The molecule has 0 radical (unpaired) electrons.